The van der Waals surface area contributed by atoms with Crippen molar-refractivity contribution in [3.8, 4) is 5.75 Å². The second-order valence-electron chi connectivity index (χ2n) is 6.98. The normalized spacial score (nSPS) is 21.0. The second-order valence-corrected chi connectivity index (χ2v) is 6.98. The molecule has 1 atom stereocenters. The van der Waals surface area contributed by atoms with E-state index in [0.717, 1.165) is 64.1 Å². The molecular weight excluding hydrogens is 455 g/mol. The zero-order valence-corrected chi connectivity index (χ0v) is 18.9. The molecule has 0 spiro atoms. The van der Waals surface area contributed by atoms with Crippen molar-refractivity contribution in [3.05, 3.63) is 29.8 Å². The predicted octanol–water partition coefficient (Wildman–Crippen LogP) is 2.36. The zero-order valence-electron chi connectivity index (χ0n) is 16.5. The summed E-state index contributed by atoms with van der Waals surface area (Å²) in [5.74, 6) is 1.99. The van der Waals surface area contributed by atoms with Gasteiger partial charge in [-0.3, -0.25) is 9.89 Å². The number of morpholine rings is 1. The Bertz CT molecular complexity index is 593. The minimum Gasteiger partial charge on any atom is -0.493 e. The molecule has 7 heteroatoms. The van der Waals surface area contributed by atoms with E-state index in [-0.39, 0.29) is 24.0 Å². The predicted molar refractivity (Wildman–Crippen MR) is 120 cm³/mol. The van der Waals surface area contributed by atoms with Gasteiger partial charge in [-0.05, 0) is 31.4 Å². The highest BCUT2D eigenvalue weighted by atomic mass is 127. The Kier molecular flexibility index (Phi) is 9.64. The molecule has 3 rings (SSSR count). The molecule has 1 N–H and O–H groups in total. The van der Waals surface area contributed by atoms with Crippen LogP contribution in [0.4, 0.5) is 0 Å². The summed E-state index contributed by atoms with van der Waals surface area (Å²) in [6.45, 7) is 9.63. The molecule has 0 bridgehead atoms. The first-order chi connectivity index (χ1) is 12.8. The number of hydrogen-bond acceptors (Lipinski definition) is 4. The Morgan fingerprint density at radius 1 is 1.26 bits per heavy atom. The third kappa shape index (κ3) is 6.50. The largest absolute Gasteiger partial charge is 0.493 e. The van der Waals surface area contributed by atoms with Crippen molar-refractivity contribution < 1.29 is 9.47 Å². The molecule has 1 aromatic carbocycles. The van der Waals surface area contributed by atoms with Crippen molar-refractivity contribution in [2.24, 2.45) is 4.99 Å². The van der Waals surface area contributed by atoms with Gasteiger partial charge in [0, 0.05) is 45.8 Å². The third-order valence-corrected chi connectivity index (χ3v) is 5.19. The Hall–Kier alpha value is -1.06. The fourth-order valence-corrected chi connectivity index (χ4v) is 3.68. The van der Waals surface area contributed by atoms with E-state index in [0.29, 0.717) is 12.6 Å². The Morgan fingerprint density at radius 2 is 2.04 bits per heavy atom. The maximum Gasteiger partial charge on any atom is 0.193 e. The van der Waals surface area contributed by atoms with Crippen LogP contribution in [0.15, 0.2) is 29.3 Å². The molecule has 2 heterocycles. The van der Waals surface area contributed by atoms with Gasteiger partial charge in [0.1, 0.15) is 5.75 Å². The molecule has 0 saturated carbocycles. The molecule has 0 amide bonds. The fourth-order valence-electron chi connectivity index (χ4n) is 3.68. The number of nitrogens with one attached hydrogen (secondary N) is 1. The van der Waals surface area contributed by atoms with Crippen LogP contribution in [0.2, 0.25) is 0 Å². The molecule has 27 heavy (non-hydrogen) atoms. The number of para-hydroxylation sites is 1. The topological polar surface area (TPSA) is 49.3 Å². The standard InChI is InChI=1S/C20H32N4O2.HI/c1-17-6-3-4-7-19(17)26-13-5-9-22-20(21-2)24-10-8-18(16-24)23-11-14-25-15-12-23;/h3-4,6-7,18H,5,8-16H2,1-2H3,(H,21,22);1H. The van der Waals surface area contributed by atoms with Crippen LogP contribution < -0.4 is 10.1 Å². The Balaban J connectivity index is 0.00000261. The summed E-state index contributed by atoms with van der Waals surface area (Å²) in [5.41, 5.74) is 1.18. The quantitative estimate of drug-likeness (QED) is 0.289. The number of nitrogens with zero attached hydrogens (tertiary/aromatic N) is 3. The number of likely N-dealkylation sites (tertiary alicyclic amines) is 1. The number of guanidine groups is 1. The lowest BCUT2D eigenvalue weighted by Crippen LogP contribution is -2.46. The summed E-state index contributed by atoms with van der Waals surface area (Å²) < 4.78 is 11.3. The van der Waals surface area contributed by atoms with E-state index < -0.39 is 0 Å². The number of ether oxygens (including phenoxy) is 2. The first-order valence-corrected chi connectivity index (χ1v) is 9.74. The van der Waals surface area contributed by atoms with Gasteiger partial charge in [0.2, 0.25) is 0 Å². The van der Waals surface area contributed by atoms with E-state index in [1.807, 2.05) is 25.2 Å². The van der Waals surface area contributed by atoms with Crippen molar-refractivity contribution in [3.63, 3.8) is 0 Å². The Morgan fingerprint density at radius 3 is 2.78 bits per heavy atom. The van der Waals surface area contributed by atoms with Crippen LogP contribution in [0.3, 0.4) is 0 Å². The maximum atomic E-state index is 5.86. The zero-order chi connectivity index (χ0) is 18.2. The van der Waals surface area contributed by atoms with E-state index in [1.54, 1.807) is 0 Å². The number of aryl methyl sites for hydroxylation is 1. The number of rotatable bonds is 6. The molecule has 0 aromatic heterocycles. The van der Waals surface area contributed by atoms with Crippen LogP contribution in [0, 0.1) is 6.92 Å². The average molecular weight is 488 g/mol. The van der Waals surface area contributed by atoms with E-state index >= 15 is 0 Å². The molecule has 2 aliphatic rings. The number of hydrogen-bond donors (Lipinski definition) is 1. The maximum absolute atomic E-state index is 5.86. The molecule has 0 radical (unpaired) electrons. The van der Waals surface area contributed by atoms with Crippen molar-refractivity contribution in [2.75, 3.05) is 59.6 Å². The van der Waals surface area contributed by atoms with Gasteiger partial charge in [-0.1, -0.05) is 18.2 Å². The van der Waals surface area contributed by atoms with E-state index in [9.17, 15) is 0 Å². The van der Waals surface area contributed by atoms with Gasteiger partial charge in [-0.15, -0.1) is 24.0 Å². The van der Waals surface area contributed by atoms with Crippen LogP contribution in [0.25, 0.3) is 0 Å². The molecular formula is C20H33IN4O2. The highest BCUT2D eigenvalue weighted by molar-refractivity contribution is 14.0. The highest BCUT2D eigenvalue weighted by Crippen LogP contribution is 2.17. The van der Waals surface area contributed by atoms with Gasteiger partial charge >= 0.3 is 0 Å². The van der Waals surface area contributed by atoms with Gasteiger partial charge in [0.15, 0.2) is 5.96 Å². The molecule has 1 aromatic rings. The summed E-state index contributed by atoms with van der Waals surface area (Å²) >= 11 is 0. The number of benzene rings is 1. The summed E-state index contributed by atoms with van der Waals surface area (Å²) in [4.78, 5) is 9.41. The van der Waals surface area contributed by atoms with Crippen molar-refractivity contribution in [2.45, 2.75) is 25.8 Å². The first-order valence-electron chi connectivity index (χ1n) is 9.74. The van der Waals surface area contributed by atoms with Crippen LogP contribution in [0.5, 0.6) is 5.75 Å². The fraction of sp³-hybridized carbons (Fsp3) is 0.650. The van der Waals surface area contributed by atoms with Crippen LogP contribution in [-0.2, 0) is 4.74 Å². The van der Waals surface area contributed by atoms with E-state index in [4.69, 9.17) is 9.47 Å². The van der Waals surface area contributed by atoms with E-state index in [1.165, 1.54) is 12.0 Å². The van der Waals surface area contributed by atoms with Crippen molar-refractivity contribution in [1.82, 2.24) is 15.1 Å². The molecule has 0 aliphatic carbocycles. The third-order valence-electron chi connectivity index (χ3n) is 5.19. The van der Waals surface area contributed by atoms with Crippen LogP contribution in [-0.4, -0.2) is 81.4 Å². The average Bonchev–Trinajstić information content (AvgIpc) is 3.17. The molecule has 2 fully saturated rings. The summed E-state index contributed by atoms with van der Waals surface area (Å²) in [7, 11) is 1.87. The monoisotopic (exact) mass is 488 g/mol. The van der Waals surface area contributed by atoms with Gasteiger partial charge < -0.3 is 19.7 Å². The van der Waals surface area contributed by atoms with Crippen molar-refractivity contribution in [1.29, 1.82) is 0 Å². The summed E-state index contributed by atoms with van der Waals surface area (Å²) in [6, 6.07) is 8.78. The van der Waals surface area contributed by atoms with Crippen LogP contribution in [0.1, 0.15) is 18.4 Å². The number of aliphatic imine (C=N–C) groups is 1. The van der Waals surface area contributed by atoms with Gasteiger partial charge in [0.25, 0.3) is 0 Å². The molecule has 6 nitrogen and oxygen atoms in total. The molecule has 1 unspecified atom stereocenters. The number of halogens is 1. The SMILES string of the molecule is CN=C(NCCCOc1ccccc1C)N1CCC(N2CCOCC2)C1.I. The lowest BCUT2D eigenvalue weighted by atomic mass is 10.2. The second kappa shape index (κ2) is 11.7. The molecule has 2 saturated heterocycles. The Labute approximate surface area is 180 Å². The first kappa shape index (κ1) is 22.2. The van der Waals surface area contributed by atoms with E-state index in [2.05, 4.69) is 33.1 Å². The highest BCUT2D eigenvalue weighted by Gasteiger charge is 2.30. The minimum absolute atomic E-state index is 0. The van der Waals surface area contributed by atoms with Gasteiger partial charge in [0.05, 0.1) is 19.8 Å². The van der Waals surface area contributed by atoms with Crippen molar-refractivity contribution >= 4 is 29.9 Å². The lowest BCUT2D eigenvalue weighted by Gasteiger charge is -2.32. The van der Waals surface area contributed by atoms with Crippen LogP contribution >= 0.6 is 24.0 Å². The van der Waals surface area contributed by atoms with Gasteiger partial charge in [-0.2, -0.15) is 0 Å². The minimum atomic E-state index is 0. The lowest BCUT2D eigenvalue weighted by molar-refractivity contribution is 0.0195. The smallest absolute Gasteiger partial charge is 0.193 e. The molecule has 2 aliphatic heterocycles. The summed E-state index contributed by atoms with van der Waals surface area (Å²) in [6.07, 6.45) is 2.16. The molecule has 152 valence electrons. The summed E-state index contributed by atoms with van der Waals surface area (Å²) in [5, 5.41) is 3.49. The van der Waals surface area contributed by atoms with Gasteiger partial charge in [-0.25, -0.2) is 0 Å².